The van der Waals surface area contributed by atoms with Crippen LogP contribution in [0, 0.1) is 0 Å². The quantitative estimate of drug-likeness (QED) is 0.841. The lowest BCUT2D eigenvalue weighted by atomic mass is 10.2. The van der Waals surface area contributed by atoms with E-state index in [0.29, 0.717) is 6.54 Å². The van der Waals surface area contributed by atoms with E-state index in [4.69, 9.17) is 5.73 Å². The zero-order valence-corrected chi connectivity index (χ0v) is 12.1. The third-order valence-electron chi connectivity index (χ3n) is 2.81. The van der Waals surface area contributed by atoms with Crippen molar-refractivity contribution in [3.05, 3.63) is 42.1 Å². The van der Waals surface area contributed by atoms with Crippen molar-refractivity contribution < 1.29 is 8.42 Å². The zero-order valence-electron chi connectivity index (χ0n) is 11.3. The molecule has 20 heavy (non-hydrogen) atoms. The first kappa shape index (κ1) is 14.5. The lowest BCUT2D eigenvalue weighted by Crippen LogP contribution is -2.23. The molecule has 0 unspecified atom stereocenters. The Kier molecular flexibility index (Phi) is 4.41. The SMILES string of the molecule is CCCn1cc(S(=O)(=O)NCc2ccccc2)c(N)n1. The molecule has 108 valence electrons. The van der Waals surface area contributed by atoms with Crippen LogP contribution in [-0.4, -0.2) is 18.2 Å². The van der Waals surface area contributed by atoms with E-state index in [1.807, 2.05) is 37.3 Å². The van der Waals surface area contributed by atoms with Crippen LogP contribution in [-0.2, 0) is 23.1 Å². The lowest BCUT2D eigenvalue weighted by molar-refractivity contribution is 0.579. The number of benzene rings is 1. The molecular weight excluding hydrogens is 276 g/mol. The van der Waals surface area contributed by atoms with Crippen LogP contribution in [0.15, 0.2) is 41.4 Å². The Morgan fingerprint density at radius 2 is 2.00 bits per heavy atom. The summed E-state index contributed by atoms with van der Waals surface area (Å²) in [6.07, 6.45) is 2.32. The molecule has 2 aromatic rings. The largest absolute Gasteiger partial charge is 0.381 e. The van der Waals surface area contributed by atoms with Crippen molar-refractivity contribution in [2.24, 2.45) is 0 Å². The van der Waals surface area contributed by atoms with E-state index in [1.165, 1.54) is 6.20 Å². The van der Waals surface area contributed by atoms with Crippen molar-refractivity contribution in [1.29, 1.82) is 0 Å². The second-order valence-electron chi connectivity index (χ2n) is 4.45. The maximum absolute atomic E-state index is 12.2. The van der Waals surface area contributed by atoms with E-state index >= 15 is 0 Å². The Morgan fingerprint density at radius 3 is 2.65 bits per heavy atom. The molecule has 7 heteroatoms. The Hall–Kier alpha value is -1.86. The number of rotatable bonds is 6. The van der Waals surface area contributed by atoms with Crippen molar-refractivity contribution in [1.82, 2.24) is 14.5 Å². The van der Waals surface area contributed by atoms with Crippen molar-refractivity contribution in [2.75, 3.05) is 5.73 Å². The van der Waals surface area contributed by atoms with Gasteiger partial charge in [-0.3, -0.25) is 4.68 Å². The Labute approximate surface area is 118 Å². The van der Waals surface area contributed by atoms with E-state index in [1.54, 1.807) is 4.68 Å². The molecule has 0 fully saturated rings. The second-order valence-corrected chi connectivity index (χ2v) is 6.19. The average Bonchev–Trinajstić information content (AvgIpc) is 2.80. The topological polar surface area (TPSA) is 90.0 Å². The van der Waals surface area contributed by atoms with Gasteiger partial charge in [0, 0.05) is 19.3 Å². The first-order chi connectivity index (χ1) is 9.53. The van der Waals surface area contributed by atoms with Crippen molar-refractivity contribution in [2.45, 2.75) is 31.3 Å². The molecular formula is C13H18N4O2S. The molecule has 0 radical (unpaired) electrons. The fourth-order valence-electron chi connectivity index (χ4n) is 1.82. The highest BCUT2D eigenvalue weighted by Gasteiger charge is 2.20. The molecule has 1 aromatic heterocycles. The third-order valence-corrected chi connectivity index (χ3v) is 4.22. The highest BCUT2D eigenvalue weighted by molar-refractivity contribution is 7.89. The summed E-state index contributed by atoms with van der Waals surface area (Å²) in [5.41, 5.74) is 6.56. The van der Waals surface area contributed by atoms with Gasteiger partial charge < -0.3 is 5.73 Å². The number of nitrogens with one attached hydrogen (secondary N) is 1. The highest BCUT2D eigenvalue weighted by atomic mass is 32.2. The number of nitrogens with two attached hydrogens (primary N) is 1. The van der Waals surface area contributed by atoms with E-state index in [2.05, 4.69) is 9.82 Å². The van der Waals surface area contributed by atoms with Crippen molar-refractivity contribution in [3.8, 4) is 0 Å². The van der Waals surface area contributed by atoms with Gasteiger partial charge in [-0.25, -0.2) is 13.1 Å². The van der Waals surface area contributed by atoms with Gasteiger partial charge >= 0.3 is 0 Å². The Balaban J connectivity index is 2.14. The van der Waals surface area contributed by atoms with Crippen LogP contribution in [0.5, 0.6) is 0 Å². The van der Waals surface area contributed by atoms with Gasteiger partial charge in [-0.15, -0.1) is 0 Å². The predicted octanol–water partition coefficient (Wildman–Crippen LogP) is 1.35. The van der Waals surface area contributed by atoms with Crippen molar-refractivity contribution >= 4 is 15.8 Å². The minimum atomic E-state index is -3.64. The Morgan fingerprint density at radius 1 is 1.30 bits per heavy atom. The maximum Gasteiger partial charge on any atom is 0.246 e. The fraction of sp³-hybridized carbons (Fsp3) is 0.308. The van der Waals surface area contributed by atoms with Gasteiger partial charge in [0.2, 0.25) is 10.0 Å². The minimum absolute atomic E-state index is 0.0269. The molecule has 2 rings (SSSR count). The number of sulfonamides is 1. The predicted molar refractivity (Wildman–Crippen MR) is 77.4 cm³/mol. The van der Waals surface area contributed by atoms with Gasteiger partial charge in [-0.2, -0.15) is 5.10 Å². The number of aromatic nitrogens is 2. The first-order valence-corrected chi connectivity index (χ1v) is 7.88. The molecule has 1 aromatic carbocycles. The normalized spacial score (nSPS) is 11.7. The molecule has 0 saturated heterocycles. The summed E-state index contributed by atoms with van der Waals surface area (Å²) >= 11 is 0. The number of nitrogen functional groups attached to an aromatic ring is 1. The molecule has 0 aliphatic heterocycles. The van der Waals surface area contributed by atoms with Crippen LogP contribution in [0.4, 0.5) is 5.82 Å². The number of hydrogen-bond acceptors (Lipinski definition) is 4. The summed E-state index contributed by atoms with van der Waals surface area (Å²) < 4.78 is 28.5. The molecule has 0 bridgehead atoms. The lowest BCUT2D eigenvalue weighted by Gasteiger charge is -2.05. The Bertz CT molecular complexity index is 665. The zero-order chi connectivity index (χ0) is 14.6. The van der Waals surface area contributed by atoms with Gasteiger partial charge in [-0.05, 0) is 12.0 Å². The summed E-state index contributed by atoms with van der Waals surface area (Å²) in [5.74, 6) is 0.0269. The van der Waals surface area contributed by atoms with Gasteiger partial charge in [0.25, 0.3) is 0 Å². The molecule has 0 saturated carbocycles. The van der Waals surface area contributed by atoms with Crippen LogP contribution in [0.3, 0.4) is 0 Å². The minimum Gasteiger partial charge on any atom is -0.381 e. The summed E-state index contributed by atoms with van der Waals surface area (Å²) in [5, 5.41) is 4.00. The van der Waals surface area contributed by atoms with Crippen LogP contribution >= 0.6 is 0 Å². The monoisotopic (exact) mass is 294 g/mol. The summed E-state index contributed by atoms with van der Waals surface area (Å²) in [6.45, 7) is 2.85. The molecule has 0 aliphatic rings. The van der Waals surface area contributed by atoms with Crippen LogP contribution in [0.25, 0.3) is 0 Å². The van der Waals surface area contributed by atoms with Crippen molar-refractivity contribution in [3.63, 3.8) is 0 Å². The summed E-state index contributed by atoms with van der Waals surface area (Å²) in [4.78, 5) is 0.0295. The number of aryl methyl sites for hydroxylation is 1. The molecule has 0 amide bonds. The van der Waals surface area contributed by atoms with Gasteiger partial charge in [0.1, 0.15) is 4.90 Å². The molecule has 6 nitrogen and oxygen atoms in total. The molecule has 3 N–H and O–H groups in total. The van der Waals surface area contributed by atoms with Crippen LogP contribution in [0.1, 0.15) is 18.9 Å². The molecule has 0 atom stereocenters. The summed E-state index contributed by atoms with van der Waals surface area (Å²) in [6, 6.07) is 9.30. The second kappa shape index (κ2) is 6.06. The van der Waals surface area contributed by atoms with Crippen LogP contribution in [0.2, 0.25) is 0 Å². The number of nitrogens with zero attached hydrogens (tertiary/aromatic N) is 2. The maximum atomic E-state index is 12.2. The number of anilines is 1. The highest BCUT2D eigenvalue weighted by Crippen LogP contribution is 2.16. The number of hydrogen-bond donors (Lipinski definition) is 2. The van der Waals surface area contributed by atoms with E-state index in [-0.39, 0.29) is 17.3 Å². The van der Waals surface area contributed by atoms with Gasteiger partial charge in [0.05, 0.1) is 0 Å². The molecule has 1 heterocycles. The summed E-state index contributed by atoms with van der Waals surface area (Å²) in [7, 11) is -3.64. The van der Waals surface area contributed by atoms with Gasteiger partial charge in [-0.1, -0.05) is 37.3 Å². The van der Waals surface area contributed by atoms with E-state index in [9.17, 15) is 8.42 Å². The molecule has 0 spiro atoms. The average molecular weight is 294 g/mol. The molecule has 0 aliphatic carbocycles. The standard InChI is InChI=1S/C13H18N4O2S/c1-2-8-17-10-12(13(14)16-17)20(18,19)15-9-11-6-4-3-5-7-11/h3-7,10,15H,2,8-9H2,1H3,(H2,14,16). The van der Waals surface area contributed by atoms with Crippen LogP contribution < -0.4 is 10.5 Å². The smallest absolute Gasteiger partial charge is 0.246 e. The third kappa shape index (κ3) is 3.37. The van der Waals surface area contributed by atoms with E-state index in [0.717, 1.165) is 12.0 Å². The van der Waals surface area contributed by atoms with E-state index < -0.39 is 10.0 Å². The first-order valence-electron chi connectivity index (χ1n) is 6.39. The fourth-order valence-corrected chi connectivity index (χ4v) is 2.91. The van der Waals surface area contributed by atoms with Gasteiger partial charge in [0.15, 0.2) is 5.82 Å².